The molecule has 1 aromatic rings. The molecular formula is C26H37FN4O5Si. The van der Waals surface area contributed by atoms with Crippen LogP contribution in [0.4, 0.5) is 15.5 Å². The zero-order valence-electron chi connectivity index (χ0n) is 22.0. The van der Waals surface area contributed by atoms with E-state index in [2.05, 4.69) is 5.32 Å². The van der Waals surface area contributed by atoms with Gasteiger partial charge in [0.15, 0.2) is 5.60 Å². The summed E-state index contributed by atoms with van der Waals surface area (Å²) < 4.78 is 22.5. The fraction of sp³-hybridized carbons (Fsp3) is 0.654. The Morgan fingerprint density at radius 2 is 2.05 bits per heavy atom. The van der Waals surface area contributed by atoms with E-state index in [1.165, 1.54) is 0 Å². The Labute approximate surface area is 218 Å². The van der Waals surface area contributed by atoms with Gasteiger partial charge in [0.25, 0.3) is 5.91 Å². The van der Waals surface area contributed by atoms with Gasteiger partial charge in [-0.2, -0.15) is 0 Å². The van der Waals surface area contributed by atoms with Crippen LogP contribution in [0.3, 0.4) is 0 Å². The average Bonchev–Trinajstić information content (AvgIpc) is 3.50. The van der Waals surface area contributed by atoms with Crippen LogP contribution in [0.5, 0.6) is 0 Å². The Bertz CT molecular complexity index is 1110. The van der Waals surface area contributed by atoms with E-state index in [0.717, 1.165) is 12.8 Å². The highest BCUT2D eigenvalue weighted by Crippen LogP contribution is 2.60. The first kappa shape index (κ1) is 26.3. The van der Waals surface area contributed by atoms with Crippen LogP contribution in [0.15, 0.2) is 18.2 Å². The molecule has 2 N–H and O–H groups in total. The monoisotopic (exact) mass is 532 g/mol. The summed E-state index contributed by atoms with van der Waals surface area (Å²) in [6, 6.07) is 5.27. The van der Waals surface area contributed by atoms with E-state index < -0.39 is 31.6 Å². The highest BCUT2D eigenvalue weighted by Gasteiger charge is 2.66. The maximum Gasteiger partial charge on any atom is 0.264 e. The molecule has 11 heteroatoms. The lowest BCUT2D eigenvalue weighted by atomic mass is 9.82. The van der Waals surface area contributed by atoms with Crippen LogP contribution >= 0.6 is 0 Å². The van der Waals surface area contributed by atoms with Gasteiger partial charge >= 0.3 is 0 Å². The number of nitrogens with one attached hydrogen (secondary N) is 1. The zero-order chi connectivity index (χ0) is 26.7. The highest BCUT2D eigenvalue weighted by atomic mass is 28.4. The van der Waals surface area contributed by atoms with Crippen LogP contribution in [0.25, 0.3) is 0 Å². The number of fused-ring (bicyclic) bond motifs is 2. The average molecular weight is 533 g/mol. The Balaban J connectivity index is 1.53. The van der Waals surface area contributed by atoms with Crippen molar-refractivity contribution in [1.29, 1.82) is 0 Å². The van der Waals surface area contributed by atoms with Crippen molar-refractivity contribution in [2.24, 2.45) is 5.92 Å². The number of carbonyl (C=O) groups is 3. The summed E-state index contributed by atoms with van der Waals surface area (Å²) in [6.07, 6.45) is 0.766. The van der Waals surface area contributed by atoms with Crippen molar-refractivity contribution < 1.29 is 28.3 Å². The molecule has 202 valence electrons. The number of hydrogen-bond acceptors (Lipinski definition) is 6. The van der Waals surface area contributed by atoms with Gasteiger partial charge in [-0.1, -0.05) is 6.92 Å². The van der Waals surface area contributed by atoms with Crippen molar-refractivity contribution >= 4 is 37.5 Å². The maximum atomic E-state index is 15.9. The first-order valence-electron chi connectivity index (χ1n) is 13.2. The van der Waals surface area contributed by atoms with Crippen LogP contribution in [-0.4, -0.2) is 88.1 Å². The van der Waals surface area contributed by atoms with Gasteiger partial charge in [0.2, 0.25) is 20.2 Å². The summed E-state index contributed by atoms with van der Waals surface area (Å²) in [4.78, 5) is 44.7. The number of halogens is 1. The summed E-state index contributed by atoms with van der Waals surface area (Å²) in [6.45, 7) is 6.96. The minimum absolute atomic E-state index is 0.0318. The first-order valence-corrected chi connectivity index (χ1v) is 16.2. The number of aliphatic hydroxyl groups is 1. The minimum Gasteiger partial charge on any atom is -0.394 e. The molecular weight excluding hydrogens is 495 g/mol. The molecule has 37 heavy (non-hydrogen) atoms. The van der Waals surface area contributed by atoms with Crippen molar-refractivity contribution in [3.05, 3.63) is 23.8 Å². The molecule has 3 fully saturated rings. The van der Waals surface area contributed by atoms with Crippen molar-refractivity contribution in [2.75, 3.05) is 49.6 Å². The van der Waals surface area contributed by atoms with E-state index in [0.29, 0.717) is 36.6 Å². The molecule has 1 spiro atoms. The van der Waals surface area contributed by atoms with Gasteiger partial charge in [0, 0.05) is 49.4 Å². The molecule has 9 nitrogen and oxygen atoms in total. The van der Waals surface area contributed by atoms with Crippen LogP contribution in [0.2, 0.25) is 18.6 Å². The number of ether oxygens (including phenoxy) is 1. The SMILES string of the molecule is C[C@H]1[C@H]([Si](C)(C)F)[C@@H](CC(=O)N2CCC[C@H]2CO)O[C@]12C(=O)N(C)c1ccc(N3CCNCC3=O)cc12. The Morgan fingerprint density at radius 1 is 1.30 bits per heavy atom. The van der Waals surface area contributed by atoms with Gasteiger partial charge in [-0.15, -0.1) is 0 Å². The van der Waals surface area contributed by atoms with E-state index in [9.17, 15) is 19.5 Å². The van der Waals surface area contributed by atoms with Gasteiger partial charge in [-0.25, -0.2) is 0 Å². The Hall–Kier alpha value is -2.34. The number of likely N-dealkylation sites (N-methyl/N-ethyl adjacent to an activating group) is 1. The lowest BCUT2D eigenvalue weighted by Crippen LogP contribution is -2.48. The number of nitrogens with zero attached hydrogens (tertiary/aromatic N) is 3. The van der Waals surface area contributed by atoms with Crippen molar-refractivity contribution in [3.63, 3.8) is 0 Å². The highest BCUT2D eigenvalue weighted by molar-refractivity contribution is 6.72. The molecule has 5 atom stereocenters. The number of benzene rings is 1. The topological polar surface area (TPSA) is 102 Å². The number of piperazine rings is 1. The molecule has 0 bridgehead atoms. The van der Waals surface area contributed by atoms with Gasteiger partial charge in [-0.05, 0) is 44.1 Å². The maximum absolute atomic E-state index is 15.9. The summed E-state index contributed by atoms with van der Waals surface area (Å²) in [5.74, 6) is -1.00. The Morgan fingerprint density at radius 3 is 2.73 bits per heavy atom. The summed E-state index contributed by atoms with van der Waals surface area (Å²) in [7, 11) is -1.71. The third kappa shape index (κ3) is 4.10. The lowest BCUT2D eigenvalue weighted by Gasteiger charge is -2.32. The number of amides is 3. The normalized spacial score (nSPS) is 32.1. The predicted octanol–water partition coefficient (Wildman–Crippen LogP) is 1.75. The van der Waals surface area contributed by atoms with E-state index in [4.69, 9.17) is 4.74 Å². The van der Waals surface area contributed by atoms with Gasteiger partial charge < -0.3 is 34.0 Å². The van der Waals surface area contributed by atoms with Crippen LogP contribution in [-0.2, 0) is 24.7 Å². The third-order valence-corrected chi connectivity index (χ3v) is 11.2. The number of anilines is 2. The van der Waals surface area contributed by atoms with E-state index >= 15 is 4.11 Å². The minimum atomic E-state index is -3.39. The van der Waals surface area contributed by atoms with Crippen molar-refractivity contribution in [3.8, 4) is 0 Å². The van der Waals surface area contributed by atoms with Gasteiger partial charge in [0.05, 0.1) is 37.4 Å². The molecule has 0 aromatic heterocycles. The quantitative estimate of drug-likeness (QED) is 0.443. The molecule has 5 rings (SSSR count). The molecule has 4 heterocycles. The standard InChI is InChI=1S/C26H37FN4O5Si/c1-16-24(37(3,4)27)21(13-22(33)30-10-5-6-18(30)15-32)36-26(16)19-12-17(31-11-9-28-14-23(31)34)7-8-20(19)29(2)25(26)35/h7-8,12,16,18,21,24,28,32H,5-6,9-11,13-15H2,1-4H3/t16-,18-,21+,24-,26+/m0/s1. The second-order valence-electron chi connectivity index (χ2n) is 11.3. The summed E-state index contributed by atoms with van der Waals surface area (Å²) in [5, 5.41) is 12.8. The molecule has 3 amide bonds. The fourth-order valence-electron chi connectivity index (χ4n) is 7.03. The Kier molecular flexibility index (Phi) is 6.70. The number of rotatable bonds is 5. The van der Waals surface area contributed by atoms with Gasteiger partial charge in [-0.3, -0.25) is 14.4 Å². The van der Waals surface area contributed by atoms with Crippen molar-refractivity contribution in [2.45, 2.75) is 62.6 Å². The molecule has 4 aliphatic heterocycles. The van der Waals surface area contributed by atoms with Crippen LogP contribution in [0.1, 0.15) is 31.7 Å². The predicted molar refractivity (Wildman–Crippen MR) is 140 cm³/mol. The fourth-order valence-corrected chi connectivity index (χ4v) is 9.53. The summed E-state index contributed by atoms with van der Waals surface area (Å²) >= 11 is 0. The van der Waals surface area contributed by atoms with Crippen LogP contribution < -0.4 is 15.1 Å². The lowest BCUT2D eigenvalue weighted by molar-refractivity contribution is -0.149. The number of likely N-dealkylation sites (tertiary alicyclic amines) is 1. The first-order chi connectivity index (χ1) is 17.5. The number of hydrogen-bond donors (Lipinski definition) is 2. The van der Waals surface area contributed by atoms with E-state index in [1.54, 1.807) is 34.8 Å². The molecule has 1 aromatic carbocycles. The number of aliphatic hydroxyl groups excluding tert-OH is 1. The second kappa shape index (κ2) is 9.44. The largest absolute Gasteiger partial charge is 0.394 e. The van der Waals surface area contributed by atoms with Gasteiger partial charge in [0.1, 0.15) is 0 Å². The van der Waals surface area contributed by atoms with E-state index in [-0.39, 0.29) is 43.3 Å². The van der Waals surface area contributed by atoms with Crippen molar-refractivity contribution in [1.82, 2.24) is 10.2 Å². The summed E-state index contributed by atoms with van der Waals surface area (Å²) in [5.41, 5.74) is -0.0282. The molecule has 0 aliphatic carbocycles. The molecule has 0 unspecified atom stereocenters. The third-order valence-electron chi connectivity index (χ3n) is 8.76. The second-order valence-corrected chi connectivity index (χ2v) is 15.1. The zero-order valence-corrected chi connectivity index (χ0v) is 23.0. The molecule has 3 saturated heterocycles. The van der Waals surface area contributed by atoms with Crippen LogP contribution in [0, 0.1) is 5.92 Å². The number of carbonyl (C=O) groups excluding carboxylic acids is 3. The molecule has 0 saturated carbocycles. The van der Waals surface area contributed by atoms with E-state index in [1.807, 2.05) is 25.1 Å². The molecule has 0 radical (unpaired) electrons. The smallest absolute Gasteiger partial charge is 0.264 e. The molecule has 4 aliphatic rings.